The fourth-order valence-corrected chi connectivity index (χ4v) is 3.85. The maximum absolute atomic E-state index is 12.3. The molecule has 0 aliphatic heterocycles. The Morgan fingerprint density at radius 2 is 1.84 bits per heavy atom. The van der Waals surface area contributed by atoms with E-state index in [9.17, 15) is 4.79 Å². The Kier molecular flexibility index (Phi) is 9.09. The number of unbranched alkanes of at least 4 members (excludes halogenated alkanes) is 5. The summed E-state index contributed by atoms with van der Waals surface area (Å²) >= 11 is 1.41. The van der Waals surface area contributed by atoms with E-state index >= 15 is 0 Å². The molecule has 3 aromatic rings. The number of rotatable bonds is 12. The van der Waals surface area contributed by atoms with Crippen LogP contribution in [0.5, 0.6) is 5.75 Å². The highest BCUT2D eigenvalue weighted by molar-refractivity contribution is 7.97. The smallest absolute Gasteiger partial charge is 0.330 e. The number of aryl methyl sites for hydroxylation is 1. The largest absolute Gasteiger partial charge is 0.488 e. The predicted molar refractivity (Wildman–Crippen MR) is 128 cm³/mol. The van der Waals surface area contributed by atoms with Gasteiger partial charge in [-0.15, -0.1) is 0 Å². The number of urea groups is 1. The molecule has 0 bridgehead atoms. The zero-order chi connectivity index (χ0) is 21.9. The van der Waals surface area contributed by atoms with Gasteiger partial charge in [0.2, 0.25) is 0 Å². The third kappa shape index (κ3) is 7.21. The average Bonchev–Trinajstić information content (AvgIpc) is 3.18. The molecule has 0 saturated heterocycles. The summed E-state index contributed by atoms with van der Waals surface area (Å²) in [5.41, 5.74) is 2.84. The lowest BCUT2D eigenvalue weighted by atomic mass is 10.1. The van der Waals surface area contributed by atoms with Crippen LogP contribution in [0, 0.1) is 6.92 Å². The van der Waals surface area contributed by atoms with Crippen molar-refractivity contribution in [3.8, 4) is 5.75 Å². The Hall–Kier alpha value is -2.67. The second kappa shape index (κ2) is 12.2. The number of amides is 2. The number of nitrogens with zero attached hydrogens (tertiary/aromatic N) is 1. The van der Waals surface area contributed by atoms with Crippen molar-refractivity contribution < 1.29 is 14.1 Å². The molecule has 166 valence electrons. The molecule has 1 aromatic heterocycles. The van der Waals surface area contributed by atoms with Gasteiger partial charge in [0.25, 0.3) is 0 Å². The lowest BCUT2D eigenvalue weighted by molar-refractivity contribution is 0.257. The Labute approximate surface area is 188 Å². The molecule has 0 unspecified atom stereocenters. The number of anilines is 1. The summed E-state index contributed by atoms with van der Waals surface area (Å²) in [5, 5.41) is 7.44. The van der Waals surface area contributed by atoms with E-state index < -0.39 is 0 Å². The molecule has 2 aromatic carbocycles. The van der Waals surface area contributed by atoms with Gasteiger partial charge in [-0.05, 0) is 43.0 Å². The van der Waals surface area contributed by atoms with Crippen LogP contribution in [0.4, 0.5) is 10.6 Å². The summed E-state index contributed by atoms with van der Waals surface area (Å²) < 4.78 is 14.2. The van der Waals surface area contributed by atoms with E-state index in [0.717, 1.165) is 17.7 Å². The first-order valence-corrected chi connectivity index (χ1v) is 11.9. The number of ether oxygens (including phenoxy) is 1. The monoisotopic (exact) mass is 441 g/mol. The topological polar surface area (TPSA) is 76.4 Å². The zero-order valence-electron chi connectivity index (χ0n) is 18.3. The third-order valence-electron chi connectivity index (χ3n) is 4.97. The van der Waals surface area contributed by atoms with Crippen LogP contribution in [0.3, 0.4) is 0 Å². The van der Waals surface area contributed by atoms with Crippen LogP contribution in [0.1, 0.15) is 56.6 Å². The van der Waals surface area contributed by atoms with Crippen LogP contribution in [0.15, 0.2) is 47.0 Å². The van der Waals surface area contributed by atoms with Gasteiger partial charge in [0.1, 0.15) is 17.7 Å². The Bertz CT molecular complexity index is 956. The van der Waals surface area contributed by atoms with E-state index in [4.69, 9.17) is 9.26 Å². The molecule has 0 aliphatic carbocycles. The summed E-state index contributed by atoms with van der Waals surface area (Å²) in [4.78, 5) is 12.3. The van der Waals surface area contributed by atoms with Crippen molar-refractivity contribution in [2.75, 3.05) is 11.1 Å². The highest BCUT2D eigenvalue weighted by Gasteiger charge is 2.16. The molecule has 0 spiro atoms. The SMILES string of the molecule is CCCCCCCCSNC(=O)Nc1noc2cccc(OCc3ccc(C)cc3)c12. The van der Waals surface area contributed by atoms with E-state index in [1.807, 2.05) is 24.3 Å². The average molecular weight is 442 g/mol. The second-order valence-corrected chi connectivity index (χ2v) is 8.51. The van der Waals surface area contributed by atoms with Gasteiger partial charge in [0.05, 0.1) is 0 Å². The van der Waals surface area contributed by atoms with Gasteiger partial charge in [0.15, 0.2) is 11.4 Å². The molecular weight excluding hydrogens is 410 g/mol. The summed E-state index contributed by atoms with van der Waals surface area (Å²) in [6, 6.07) is 13.4. The first kappa shape index (κ1) is 23.0. The molecule has 7 heteroatoms. The molecular formula is C24H31N3O3S. The summed E-state index contributed by atoms with van der Waals surface area (Å²) in [7, 11) is 0. The van der Waals surface area contributed by atoms with Crippen molar-refractivity contribution in [2.24, 2.45) is 0 Å². The molecule has 0 aliphatic rings. The van der Waals surface area contributed by atoms with Gasteiger partial charge < -0.3 is 9.26 Å². The zero-order valence-corrected chi connectivity index (χ0v) is 19.1. The number of hydrogen-bond acceptors (Lipinski definition) is 5. The van der Waals surface area contributed by atoms with E-state index in [1.54, 1.807) is 6.07 Å². The third-order valence-corrected chi connectivity index (χ3v) is 5.79. The van der Waals surface area contributed by atoms with Crippen LogP contribution in [0.25, 0.3) is 11.0 Å². The van der Waals surface area contributed by atoms with Gasteiger partial charge in [-0.1, -0.05) is 80.1 Å². The van der Waals surface area contributed by atoms with Crippen LogP contribution < -0.4 is 14.8 Å². The summed E-state index contributed by atoms with van der Waals surface area (Å²) in [6.07, 6.45) is 7.41. The molecule has 31 heavy (non-hydrogen) atoms. The van der Waals surface area contributed by atoms with Crippen molar-refractivity contribution in [1.29, 1.82) is 0 Å². The van der Waals surface area contributed by atoms with Gasteiger partial charge >= 0.3 is 6.03 Å². The first-order valence-electron chi connectivity index (χ1n) is 10.9. The van der Waals surface area contributed by atoms with Crippen molar-refractivity contribution in [3.05, 3.63) is 53.6 Å². The van der Waals surface area contributed by atoms with Gasteiger partial charge in [-0.3, -0.25) is 10.0 Å². The van der Waals surface area contributed by atoms with Crippen LogP contribution >= 0.6 is 11.9 Å². The van der Waals surface area contributed by atoms with E-state index in [0.29, 0.717) is 29.1 Å². The number of carbonyl (C=O) groups excluding carboxylic acids is 1. The van der Waals surface area contributed by atoms with Crippen LogP contribution in [0.2, 0.25) is 0 Å². The number of carbonyl (C=O) groups is 1. The highest BCUT2D eigenvalue weighted by Crippen LogP contribution is 2.32. The van der Waals surface area contributed by atoms with Crippen LogP contribution in [-0.2, 0) is 6.61 Å². The molecule has 0 radical (unpaired) electrons. The number of benzene rings is 2. The van der Waals surface area contributed by atoms with E-state index in [2.05, 4.69) is 41.2 Å². The lowest BCUT2D eigenvalue weighted by Crippen LogP contribution is -2.23. The quantitative estimate of drug-likeness (QED) is 0.237. The minimum absolute atomic E-state index is 0.320. The molecule has 0 saturated carbocycles. The maximum Gasteiger partial charge on any atom is 0.330 e. The van der Waals surface area contributed by atoms with Gasteiger partial charge in [-0.2, -0.15) is 0 Å². The highest BCUT2D eigenvalue weighted by atomic mass is 32.2. The van der Waals surface area contributed by atoms with E-state index in [1.165, 1.54) is 49.6 Å². The molecule has 3 rings (SSSR count). The maximum atomic E-state index is 12.3. The minimum Gasteiger partial charge on any atom is -0.488 e. The molecule has 0 fully saturated rings. The fourth-order valence-electron chi connectivity index (χ4n) is 3.22. The molecule has 2 N–H and O–H groups in total. The summed E-state index contributed by atoms with van der Waals surface area (Å²) in [6.45, 7) is 4.69. The normalized spacial score (nSPS) is 10.9. The molecule has 1 heterocycles. The van der Waals surface area contributed by atoms with Crippen LogP contribution in [-0.4, -0.2) is 16.9 Å². The Balaban J connectivity index is 1.51. The fraction of sp³-hybridized carbons (Fsp3) is 0.417. The Morgan fingerprint density at radius 3 is 2.65 bits per heavy atom. The first-order chi connectivity index (χ1) is 15.2. The van der Waals surface area contributed by atoms with Crippen molar-refractivity contribution in [1.82, 2.24) is 9.88 Å². The molecule has 6 nitrogen and oxygen atoms in total. The summed E-state index contributed by atoms with van der Waals surface area (Å²) in [5.74, 6) is 1.87. The van der Waals surface area contributed by atoms with Gasteiger partial charge in [-0.25, -0.2) is 4.79 Å². The lowest BCUT2D eigenvalue weighted by Gasteiger charge is -2.09. The second-order valence-electron chi connectivity index (χ2n) is 7.61. The Morgan fingerprint density at radius 1 is 1.06 bits per heavy atom. The number of nitrogens with one attached hydrogen (secondary N) is 2. The van der Waals surface area contributed by atoms with Crippen molar-refractivity contribution in [2.45, 2.75) is 59.0 Å². The number of hydrogen-bond donors (Lipinski definition) is 2. The minimum atomic E-state index is -0.320. The van der Waals surface area contributed by atoms with E-state index in [-0.39, 0.29) is 6.03 Å². The van der Waals surface area contributed by atoms with Gasteiger partial charge in [0, 0.05) is 5.75 Å². The van der Waals surface area contributed by atoms with Crippen molar-refractivity contribution >= 4 is 34.8 Å². The number of fused-ring (bicyclic) bond motifs is 1. The number of aromatic nitrogens is 1. The predicted octanol–water partition coefficient (Wildman–Crippen LogP) is 6.85. The standard InChI is InChI=1S/C24H31N3O3S/c1-3-4-5-6-7-8-16-31-27-24(28)25-23-22-20(10-9-11-21(22)30-26-23)29-17-19-14-12-18(2)13-15-19/h9-15H,3-8,16-17H2,1-2H3,(H2,25,26,27,28). The molecule has 2 amide bonds. The molecule has 0 atom stereocenters. The van der Waals surface area contributed by atoms with Crippen molar-refractivity contribution in [3.63, 3.8) is 0 Å².